The van der Waals surface area contributed by atoms with Gasteiger partial charge >= 0.3 is 5.97 Å². The molecule has 3 nitrogen and oxygen atoms in total. The molecule has 0 spiro atoms. The normalized spacial score (nSPS) is 33.6. The summed E-state index contributed by atoms with van der Waals surface area (Å²) in [6.45, 7) is 13.3. The highest BCUT2D eigenvalue weighted by Crippen LogP contribution is 2.60. The summed E-state index contributed by atoms with van der Waals surface area (Å²) in [4.78, 5) is 12.5. The first kappa shape index (κ1) is 29.6. The quantitative estimate of drug-likeness (QED) is 0.290. The molecule has 38 heavy (non-hydrogen) atoms. The van der Waals surface area contributed by atoms with E-state index in [1.54, 1.807) is 5.57 Å². The molecule has 214 valence electrons. The molecule has 4 aliphatic carbocycles. The zero-order valence-corrected chi connectivity index (χ0v) is 25.0. The Morgan fingerprint density at radius 3 is 2.63 bits per heavy atom. The van der Waals surface area contributed by atoms with Crippen LogP contribution in [-0.4, -0.2) is 22.8 Å². The molecule has 0 unspecified atom stereocenters. The van der Waals surface area contributed by atoms with Crippen LogP contribution in [0, 0.1) is 29.1 Å². The topological polar surface area (TPSA) is 46.5 Å². The molecule has 0 radical (unpaired) electrons. The van der Waals surface area contributed by atoms with Gasteiger partial charge in [-0.05, 0) is 106 Å². The SMILES string of the molecule is C=C1CC[C@H](OC(=O)CCC2CCCC2)C/C1=C/C=C1\CCC[C@]2(C)[C@@H]([C@H](C)CCCC(C)(C)O)CC[C@@H]12. The second-order valence-corrected chi connectivity index (χ2v) is 14.4. The molecule has 0 amide bonds. The number of esters is 1. The van der Waals surface area contributed by atoms with E-state index in [1.165, 1.54) is 75.4 Å². The van der Waals surface area contributed by atoms with Gasteiger partial charge in [-0.1, -0.05) is 82.2 Å². The first-order chi connectivity index (χ1) is 18.0. The van der Waals surface area contributed by atoms with Gasteiger partial charge in [-0.25, -0.2) is 0 Å². The average molecular weight is 525 g/mol. The van der Waals surface area contributed by atoms with Crippen LogP contribution >= 0.6 is 0 Å². The van der Waals surface area contributed by atoms with E-state index in [4.69, 9.17) is 4.74 Å². The highest BCUT2D eigenvalue weighted by atomic mass is 16.5. The van der Waals surface area contributed by atoms with E-state index in [2.05, 4.69) is 32.6 Å². The second-order valence-electron chi connectivity index (χ2n) is 14.4. The highest BCUT2D eigenvalue weighted by molar-refractivity contribution is 5.69. The standard InChI is InChI=1S/C35H56O3/c1-25-14-18-30(38-33(36)21-15-27-11-6-7-12-27)24-29(25)17-16-28-13-9-23-35(5)31(19-20-32(28)35)26(2)10-8-22-34(3,4)37/h16-17,26-27,30-32,37H,1,6-15,18-24H2,2-5H3/b28-16+,29-17-/t26-,30+,31-,32+,35-/m1/s1. The maximum atomic E-state index is 12.5. The Labute approximate surface area is 233 Å². The van der Waals surface area contributed by atoms with Crippen LogP contribution in [0.3, 0.4) is 0 Å². The Bertz CT molecular complexity index is 883. The maximum Gasteiger partial charge on any atom is 0.306 e. The molecule has 3 heteroatoms. The van der Waals surface area contributed by atoms with Crippen LogP contribution in [0.15, 0.2) is 35.5 Å². The first-order valence-electron chi connectivity index (χ1n) is 16.0. The van der Waals surface area contributed by atoms with Gasteiger partial charge in [0.1, 0.15) is 6.10 Å². The van der Waals surface area contributed by atoms with Crippen molar-refractivity contribution < 1.29 is 14.6 Å². The zero-order valence-electron chi connectivity index (χ0n) is 25.0. The molecule has 0 aromatic carbocycles. The summed E-state index contributed by atoms with van der Waals surface area (Å²) in [6, 6.07) is 0. The van der Waals surface area contributed by atoms with Crippen LogP contribution < -0.4 is 0 Å². The van der Waals surface area contributed by atoms with Crippen molar-refractivity contribution in [2.45, 2.75) is 149 Å². The number of allylic oxidation sites excluding steroid dienone is 4. The fourth-order valence-corrected chi connectivity index (χ4v) is 8.62. The molecular formula is C35H56O3. The monoisotopic (exact) mass is 524 g/mol. The third-order valence-electron chi connectivity index (χ3n) is 10.9. The van der Waals surface area contributed by atoms with Crippen molar-refractivity contribution >= 4 is 5.97 Å². The molecule has 0 aromatic rings. The third-order valence-corrected chi connectivity index (χ3v) is 10.9. The molecule has 0 aromatic heterocycles. The minimum Gasteiger partial charge on any atom is -0.462 e. The van der Waals surface area contributed by atoms with Crippen LogP contribution in [-0.2, 0) is 9.53 Å². The van der Waals surface area contributed by atoms with E-state index in [0.29, 0.717) is 23.7 Å². The molecule has 1 N–H and O–H groups in total. The number of ether oxygens (including phenoxy) is 1. The van der Waals surface area contributed by atoms with Crippen molar-refractivity contribution in [2.24, 2.45) is 29.1 Å². The lowest BCUT2D eigenvalue weighted by Crippen LogP contribution is -2.36. The molecule has 0 bridgehead atoms. The van der Waals surface area contributed by atoms with E-state index in [0.717, 1.165) is 50.4 Å². The minimum absolute atomic E-state index is 0.00355. The van der Waals surface area contributed by atoms with Crippen LogP contribution in [0.25, 0.3) is 0 Å². The number of hydrogen-bond donors (Lipinski definition) is 1. The van der Waals surface area contributed by atoms with Crippen molar-refractivity contribution in [3.8, 4) is 0 Å². The summed E-state index contributed by atoms with van der Waals surface area (Å²) in [6.07, 6.45) is 24.0. The number of aliphatic hydroxyl groups is 1. The summed E-state index contributed by atoms with van der Waals surface area (Å²) in [7, 11) is 0. The Balaban J connectivity index is 1.34. The lowest BCUT2D eigenvalue weighted by Gasteiger charge is -2.44. The van der Waals surface area contributed by atoms with Crippen molar-refractivity contribution in [2.75, 3.05) is 0 Å². The number of hydrogen-bond acceptors (Lipinski definition) is 3. The number of carbonyl (C=O) groups is 1. The van der Waals surface area contributed by atoms with E-state index in [-0.39, 0.29) is 12.1 Å². The van der Waals surface area contributed by atoms with Crippen molar-refractivity contribution in [3.05, 3.63) is 35.5 Å². The van der Waals surface area contributed by atoms with Gasteiger partial charge < -0.3 is 9.84 Å². The largest absolute Gasteiger partial charge is 0.462 e. The molecule has 4 rings (SSSR count). The highest BCUT2D eigenvalue weighted by Gasteiger charge is 2.50. The molecule has 4 aliphatic rings. The van der Waals surface area contributed by atoms with Crippen molar-refractivity contribution in [1.82, 2.24) is 0 Å². The molecular weight excluding hydrogens is 468 g/mol. The third kappa shape index (κ3) is 7.64. The van der Waals surface area contributed by atoms with Gasteiger partial charge in [-0.15, -0.1) is 0 Å². The Morgan fingerprint density at radius 1 is 1.13 bits per heavy atom. The number of rotatable bonds is 10. The summed E-state index contributed by atoms with van der Waals surface area (Å²) in [5.41, 5.74) is 4.01. The summed E-state index contributed by atoms with van der Waals surface area (Å²) in [5, 5.41) is 10.1. The minimum atomic E-state index is -0.550. The Kier molecular flexibility index (Phi) is 10.0. The molecule has 4 fully saturated rings. The fraction of sp³-hybridized carbons (Fsp3) is 0.800. The van der Waals surface area contributed by atoms with Gasteiger partial charge in [0, 0.05) is 12.8 Å². The fourth-order valence-electron chi connectivity index (χ4n) is 8.62. The number of fused-ring (bicyclic) bond motifs is 1. The van der Waals surface area contributed by atoms with E-state index >= 15 is 0 Å². The van der Waals surface area contributed by atoms with Gasteiger partial charge in [0.15, 0.2) is 0 Å². The Hall–Kier alpha value is -1.35. The molecule has 0 aliphatic heterocycles. The summed E-state index contributed by atoms with van der Waals surface area (Å²) < 4.78 is 5.94. The predicted octanol–water partition coefficient (Wildman–Crippen LogP) is 9.26. The van der Waals surface area contributed by atoms with Crippen LogP contribution in [0.4, 0.5) is 0 Å². The lowest BCUT2D eigenvalue weighted by molar-refractivity contribution is -0.149. The van der Waals surface area contributed by atoms with E-state index < -0.39 is 5.60 Å². The summed E-state index contributed by atoms with van der Waals surface area (Å²) >= 11 is 0. The predicted molar refractivity (Wildman–Crippen MR) is 158 cm³/mol. The van der Waals surface area contributed by atoms with E-state index in [1.807, 2.05) is 13.8 Å². The first-order valence-corrected chi connectivity index (χ1v) is 16.0. The number of carbonyl (C=O) groups excluding carboxylic acids is 1. The van der Waals surface area contributed by atoms with Gasteiger partial charge in [-0.2, -0.15) is 0 Å². The van der Waals surface area contributed by atoms with Crippen LogP contribution in [0.1, 0.15) is 137 Å². The van der Waals surface area contributed by atoms with Gasteiger partial charge in [-0.3, -0.25) is 4.79 Å². The van der Waals surface area contributed by atoms with Gasteiger partial charge in [0.2, 0.25) is 0 Å². The summed E-state index contributed by atoms with van der Waals surface area (Å²) in [5.74, 6) is 2.93. The lowest BCUT2D eigenvalue weighted by atomic mass is 9.60. The zero-order chi connectivity index (χ0) is 27.3. The smallest absolute Gasteiger partial charge is 0.306 e. The van der Waals surface area contributed by atoms with Crippen molar-refractivity contribution in [3.63, 3.8) is 0 Å². The molecule has 4 saturated carbocycles. The van der Waals surface area contributed by atoms with Crippen LogP contribution in [0.5, 0.6) is 0 Å². The second kappa shape index (κ2) is 12.9. The Morgan fingerprint density at radius 2 is 1.89 bits per heavy atom. The average Bonchev–Trinajstić information content (AvgIpc) is 3.49. The van der Waals surface area contributed by atoms with Gasteiger partial charge in [0.05, 0.1) is 5.60 Å². The van der Waals surface area contributed by atoms with Crippen molar-refractivity contribution in [1.29, 1.82) is 0 Å². The molecule has 5 atom stereocenters. The van der Waals surface area contributed by atoms with Gasteiger partial charge in [0.25, 0.3) is 0 Å². The van der Waals surface area contributed by atoms with E-state index in [9.17, 15) is 9.90 Å². The van der Waals surface area contributed by atoms with Crippen LogP contribution in [0.2, 0.25) is 0 Å². The molecule has 0 heterocycles. The molecule has 0 saturated heterocycles. The maximum absolute atomic E-state index is 12.5.